The number of nitro groups is 1. The standard InChI is InChI=1S/C13H21NO4/c1-3-4-5-6-9-12(14(16)17)10-7-8-11-13(15)18-2/h4-5,9H,3,6-8,10-11H2,1-2H3/b5-4-,12-9+. The van der Waals surface area contributed by atoms with E-state index in [1.54, 1.807) is 6.08 Å². The summed E-state index contributed by atoms with van der Waals surface area (Å²) in [6.45, 7) is 2.02. The van der Waals surface area contributed by atoms with Crippen molar-refractivity contribution in [3.63, 3.8) is 0 Å². The molecule has 0 amide bonds. The molecule has 18 heavy (non-hydrogen) atoms. The molecule has 102 valence electrons. The molecule has 5 heteroatoms. The smallest absolute Gasteiger partial charge is 0.305 e. The zero-order chi connectivity index (χ0) is 13.8. The van der Waals surface area contributed by atoms with Crippen molar-refractivity contribution in [3.8, 4) is 0 Å². The number of methoxy groups -OCH3 is 1. The summed E-state index contributed by atoms with van der Waals surface area (Å²) in [5, 5.41) is 10.8. The van der Waals surface area contributed by atoms with Crippen molar-refractivity contribution in [1.29, 1.82) is 0 Å². The lowest BCUT2D eigenvalue weighted by Gasteiger charge is -1.99. The molecule has 0 aromatic carbocycles. The summed E-state index contributed by atoms with van der Waals surface area (Å²) in [4.78, 5) is 21.3. The highest BCUT2D eigenvalue weighted by molar-refractivity contribution is 5.68. The average Bonchev–Trinajstić information content (AvgIpc) is 2.36. The lowest BCUT2D eigenvalue weighted by molar-refractivity contribution is -0.428. The Morgan fingerprint density at radius 3 is 2.50 bits per heavy atom. The van der Waals surface area contributed by atoms with Gasteiger partial charge < -0.3 is 4.74 Å². The van der Waals surface area contributed by atoms with Crippen molar-refractivity contribution in [1.82, 2.24) is 0 Å². The van der Waals surface area contributed by atoms with E-state index in [4.69, 9.17) is 0 Å². The normalized spacial score (nSPS) is 11.8. The molecule has 0 saturated heterocycles. The minimum atomic E-state index is -0.349. The van der Waals surface area contributed by atoms with Crippen LogP contribution in [-0.2, 0) is 9.53 Å². The molecule has 5 nitrogen and oxygen atoms in total. The van der Waals surface area contributed by atoms with Crippen LogP contribution in [0.5, 0.6) is 0 Å². The number of ether oxygens (including phenoxy) is 1. The van der Waals surface area contributed by atoms with Crippen LogP contribution in [0.1, 0.15) is 45.4 Å². The van der Waals surface area contributed by atoms with Crippen LogP contribution in [0.25, 0.3) is 0 Å². The van der Waals surface area contributed by atoms with Crippen LogP contribution in [0, 0.1) is 10.1 Å². The van der Waals surface area contributed by atoms with E-state index in [9.17, 15) is 14.9 Å². The van der Waals surface area contributed by atoms with Gasteiger partial charge in [0.15, 0.2) is 0 Å². The Labute approximate surface area is 108 Å². The zero-order valence-corrected chi connectivity index (χ0v) is 11.1. The van der Waals surface area contributed by atoms with Gasteiger partial charge in [0.25, 0.3) is 0 Å². The number of rotatable bonds is 9. The van der Waals surface area contributed by atoms with E-state index in [0.29, 0.717) is 32.1 Å². The summed E-state index contributed by atoms with van der Waals surface area (Å²) < 4.78 is 4.50. The second-order valence-corrected chi connectivity index (χ2v) is 3.85. The molecule has 0 atom stereocenters. The molecule has 0 aromatic heterocycles. The molecule has 0 aliphatic heterocycles. The lowest BCUT2D eigenvalue weighted by atomic mass is 10.1. The van der Waals surface area contributed by atoms with Gasteiger partial charge in [-0.15, -0.1) is 0 Å². The molecular weight excluding hydrogens is 234 g/mol. The van der Waals surface area contributed by atoms with Gasteiger partial charge in [0.05, 0.1) is 12.0 Å². The minimum Gasteiger partial charge on any atom is -0.469 e. The van der Waals surface area contributed by atoms with Crippen LogP contribution >= 0.6 is 0 Å². The first-order valence-electron chi connectivity index (χ1n) is 6.17. The van der Waals surface area contributed by atoms with Crippen LogP contribution in [0.2, 0.25) is 0 Å². The third kappa shape index (κ3) is 8.50. The largest absolute Gasteiger partial charge is 0.469 e. The van der Waals surface area contributed by atoms with E-state index in [-0.39, 0.29) is 16.6 Å². The van der Waals surface area contributed by atoms with E-state index in [0.717, 1.165) is 6.42 Å². The van der Waals surface area contributed by atoms with E-state index < -0.39 is 0 Å². The number of hydrogen-bond acceptors (Lipinski definition) is 4. The summed E-state index contributed by atoms with van der Waals surface area (Å²) in [5.41, 5.74) is 0.223. The first-order valence-corrected chi connectivity index (χ1v) is 6.17. The van der Waals surface area contributed by atoms with E-state index in [1.165, 1.54) is 7.11 Å². The number of allylic oxidation sites excluding steroid dienone is 4. The summed E-state index contributed by atoms with van der Waals surface area (Å²) in [6, 6.07) is 0. The fourth-order valence-electron chi connectivity index (χ4n) is 1.41. The maximum atomic E-state index is 10.9. The van der Waals surface area contributed by atoms with E-state index >= 15 is 0 Å². The van der Waals surface area contributed by atoms with Gasteiger partial charge in [-0.2, -0.15) is 0 Å². The summed E-state index contributed by atoms with van der Waals surface area (Å²) in [5.74, 6) is -0.271. The highest BCUT2D eigenvalue weighted by atomic mass is 16.6. The summed E-state index contributed by atoms with van der Waals surface area (Å²) >= 11 is 0. The molecule has 0 aliphatic carbocycles. The number of nitrogens with zero attached hydrogens (tertiary/aromatic N) is 1. The molecule has 0 saturated carbocycles. The maximum Gasteiger partial charge on any atom is 0.305 e. The third-order valence-electron chi connectivity index (χ3n) is 2.42. The highest BCUT2D eigenvalue weighted by Crippen LogP contribution is 2.11. The first kappa shape index (κ1) is 16.4. The quantitative estimate of drug-likeness (QED) is 0.208. The first-order chi connectivity index (χ1) is 8.61. The van der Waals surface area contributed by atoms with Crippen molar-refractivity contribution in [2.24, 2.45) is 0 Å². The SMILES string of the molecule is CC/C=C\C/C=C(\CCCCC(=O)OC)[N+](=O)[O-]. The van der Waals surface area contributed by atoms with Gasteiger partial charge in [0.2, 0.25) is 5.70 Å². The number of hydrogen-bond donors (Lipinski definition) is 0. The lowest BCUT2D eigenvalue weighted by Crippen LogP contribution is -2.01. The molecule has 0 spiro atoms. The topological polar surface area (TPSA) is 69.4 Å². The fourth-order valence-corrected chi connectivity index (χ4v) is 1.41. The van der Waals surface area contributed by atoms with Gasteiger partial charge in [-0.25, -0.2) is 0 Å². The second kappa shape index (κ2) is 10.5. The highest BCUT2D eigenvalue weighted by Gasteiger charge is 2.09. The molecule has 0 heterocycles. The fraction of sp³-hybridized carbons (Fsp3) is 0.615. The summed E-state index contributed by atoms with van der Waals surface area (Å²) in [6.07, 6.45) is 8.98. The van der Waals surface area contributed by atoms with Crippen molar-refractivity contribution in [3.05, 3.63) is 34.0 Å². The molecule has 0 aliphatic rings. The Bertz CT molecular complexity index is 321. The Balaban J connectivity index is 4.01. The number of esters is 1. The van der Waals surface area contributed by atoms with Crippen LogP contribution < -0.4 is 0 Å². The van der Waals surface area contributed by atoms with Crippen molar-refractivity contribution >= 4 is 5.97 Å². The number of unbranched alkanes of at least 4 members (excludes halogenated alkanes) is 1. The van der Waals surface area contributed by atoms with Crippen molar-refractivity contribution in [2.45, 2.75) is 45.4 Å². The van der Waals surface area contributed by atoms with Gasteiger partial charge in [0, 0.05) is 12.8 Å². The van der Waals surface area contributed by atoms with Gasteiger partial charge >= 0.3 is 5.97 Å². The van der Waals surface area contributed by atoms with Crippen LogP contribution in [0.4, 0.5) is 0 Å². The van der Waals surface area contributed by atoms with Gasteiger partial charge in [0.1, 0.15) is 0 Å². The Hall–Kier alpha value is -1.65. The zero-order valence-electron chi connectivity index (χ0n) is 11.1. The molecule has 0 rings (SSSR count). The van der Waals surface area contributed by atoms with Gasteiger partial charge in [-0.3, -0.25) is 14.9 Å². The van der Waals surface area contributed by atoms with E-state index in [1.807, 2.05) is 19.1 Å². The van der Waals surface area contributed by atoms with Crippen molar-refractivity contribution in [2.75, 3.05) is 7.11 Å². The Morgan fingerprint density at radius 2 is 1.94 bits per heavy atom. The van der Waals surface area contributed by atoms with Gasteiger partial charge in [-0.05, 0) is 31.8 Å². The average molecular weight is 255 g/mol. The van der Waals surface area contributed by atoms with Crippen molar-refractivity contribution < 1.29 is 14.5 Å². The molecule has 0 radical (unpaired) electrons. The van der Waals surface area contributed by atoms with Gasteiger partial charge in [-0.1, -0.05) is 19.1 Å². The maximum absolute atomic E-state index is 10.9. The molecule has 0 bridgehead atoms. The van der Waals surface area contributed by atoms with E-state index in [2.05, 4.69) is 4.74 Å². The predicted molar refractivity (Wildman–Crippen MR) is 69.6 cm³/mol. The molecule has 0 N–H and O–H groups in total. The monoisotopic (exact) mass is 255 g/mol. The Kier molecular flexibility index (Phi) is 9.54. The number of carbonyl (C=O) groups excluding carboxylic acids is 1. The van der Waals surface area contributed by atoms with Crippen LogP contribution in [0.15, 0.2) is 23.9 Å². The Morgan fingerprint density at radius 1 is 1.28 bits per heavy atom. The second-order valence-electron chi connectivity index (χ2n) is 3.85. The summed E-state index contributed by atoms with van der Waals surface area (Å²) in [7, 11) is 1.34. The predicted octanol–water partition coefficient (Wildman–Crippen LogP) is 3.24. The molecule has 0 aromatic rings. The van der Waals surface area contributed by atoms with Crippen LogP contribution in [-0.4, -0.2) is 18.0 Å². The molecular formula is C13H21NO4. The molecule has 0 unspecified atom stereocenters. The number of carbonyl (C=O) groups is 1. The molecule has 0 fully saturated rings. The third-order valence-corrected chi connectivity index (χ3v) is 2.42. The minimum absolute atomic E-state index is 0.223. The van der Waals surface area contributed by atoms with Crippen LogP contribution in [0.3, 0.4) is 0 Å².